The van der Waals surface area contributed by atoms with Crippen LogP contribution in [0.4, 0.5) is 17.1 Å². The highest BCUT2D eigenvalue weighted by Gasteiger charge is 2.15. The average molecular weight is 494 g/mol. The molecule has 2 aromatic carbocycles. The minimum absolute atomic E-state index is 0.0414. The number of hydrogen-bond donors (Lipinski definition) is 3. The van der Waals surface area contributed by atoms with Gasteiger partial charge in [0.15, 0.2) is 0 Å². The number of benzene rings is 2. The van der Waals surface area contributed by atoms with E-state index in [1.54, 1.807) is 66.9 Å². The Bertz CT molecular complexity index is 1250. The van der Waals surface area contributed by atoms with E-state index in [1.807, 2.05) is 0 Å². The lowest BCUT2D eigenvalue weighted by molar-refractivity contribution is -0.115. The molecule has 11 heteroatoms. The lowest BCUT2D eigenvalue weighted by Gasteiger charge is -2.10. The molecule has 8 nitrogen and oxygen atoms in total. The van der Waals surface area contributed by atoms with E-state index in [0.29, 0.717) is 29.0 Å². The van der Waals surface area contributed by atoms with Crippen molar-refractivity contribution in [3.05, 3.63) is 71.6 Å². The van der Waals surface area contributed by atoms with Crippen LogP contribution in [0.25, 0.3) is 0 Å². The number of hydrogen-bond acceptors (Lipinski definition) is 6. The van der Waals surface area contributed by atoms with Crippen molar-refractivity contribution < 1.29 is 21.6 Å². The lowest BCUT2D eigenvalue weighted by atomic mass is 10.1. The molecule has 1 aromatic heterocycles. The van der Waals surface area contributed by atoms with Gasteiger partial charge in [-0.3, -0.25) is 14.2 Å². The van der Waals surface area contributed by atoms with Crippen LogP contribution in [0, 0.1) is 0 Å². The zero-order valence-electron chi connectivity index (χ0n) is 17.2. The summed E-state index contributed by atoms with van der Waals surface area (Å²) in [7, 11) is -6.99. The first-order valence-corrected chi connectivity index (χ1v) is 13.7. The van der Waals surface area contributed by atoms with Crippen LogP contribution in [0.3, 0.4) is 0 Å². The maximum absolute atomic E-state index is 12.3. The zero-order valence-corrected chi connectivity index (χ0v) is 19.7. The Morgan fingerprint density at radius 1 is 0.844 bits per heavy atom. The molecule has 0 atom stereocenters. The molecule has 0 unspecified atom stereocenters. The second-order valence-corrected chi connectivity index (χ2v) is 11.7. The predicted molar refractivity (Wildman–Crippen MR) is 128 cm³/mol. The Kier molecular flexibility index (Phi) is 7.54. The monoisotopic (exact) mass is 493 g/mol. The number of nitrogens with one attached hydrogen (secondary N) is 3. The summed E-state index contributed by atoms with van der Waals surface area (Å²) in [6.45, 7) is 1.79. The summed E-state index contributed by atoms with van der Waals surface area (Å²) in [5.41, 5.74) is 2.08. The molecule has 0 bridgehead atoms. The maximum atomic E-state index is 12.3. The fourth-order valence-electron chi connectivity index (χ4n) is 2.82. The topological polar surface area (TPSA) is 121 Å². The SMILES string of the molecule is CCCS(=O)(=O)Nc1ccc(NC(=O)Cc2ccc(NS(=O)(=O)c3cccs3)cc2)cc1. The Morgan fingerprint density at radius 2 is 1.44 bits per heavy atom. The van der Waals surface area contributed by atoms with Crippen LogP contribution in [0.1, 0.15) is 18.9 Å². The molecule has 0 fully saturated rings. The van der Waals surface area contributed by atoms with Gasteiger partial charge in [-0.05, 0) is 59.8 Å². The third kappa shape index (κ3) is 6.81. The van der Waals surface area contributed by atoms with Crippen molar-refractivity contribution in [1.29, 1.82) is 0 Å². The first kappa shape index (κ1) is 23.8. The number of carbonyl (C=O) groups excluding carboxylic acids is 1. The van der Waals surface area contributed by atoms with Crippen LogP contribution in [-0.4, -0.2) is 28.5 Å². The smallest absolute Gasteiger partial charge is 0.271 e. The van der Waals surface area contributed by atoms with E-state index in [9.17, 15) is 21.6 Å². The number of amides is 1. The van der Waals surface area contributed by atoms with Crippen LogP contribution in [-0.2, 0) is 31.3 Å². The summed E-state index contributed by atoms with van der Waals surface area (Å²) < 4.78 is 53.3. The molecule has 32 heavy (non-hydrogen) atoms. The van der Waals surface area contributed by atoms with Gasteiger partial charge >= 0.3 is 0 Å². The first-order valence-electron chi connectivity index (χ1n) is 9.72. The number of anilines is 3. The minimum Gasteiger partial charge on any atom is -0.326 e. The van der Waals surface area contributed by atoms with Crippen LogP contribution < -0.4 is 14.8 Å². The number of sulfonamides is 2. The van der Waals surface area contributed by atoms with Crippen LogP contribution >= 0.6 is 11.3 Å². The third-order valence-corrected chi connectivity index (χ3v) is 8.52. The molecular weight excluding hydrogens is 470 g/mol. The highest BCUT2D eigenvalue weighted by Crippen LogP contribution is 2.21. The van der Waals surface area contributed by atoms with E-state index in [-0.39, 0.29) is 22.3 Å². The van der Waals surface area contributed by atoms with Crippen LogP contribution in [0.15, 0.2) is 70.3 Å². The second kappa shape index (κ2) is 10.2. The fourth-order valence-corrected chi connectivity index (χ4v) is 6.01. The van der Waals surface area contributed by atoms with Crippen molar-refractivity contribution in [2.24, 2.45) is 0 Å². The van der Waals surface area contributed by atoms with Gasteiger partial charge in [0.25, 0.3) is 10.0 Å². The lowest BCUT2D eigenvalue weighted by Crippen LogP contribution is -2.16. The van der Waals surface area contributed by atoms with Crippen molar-refractivity contribution in [1.82, 2.24) is 0 Å². The standard InChI is InChI=1S/C21H23N3O5S3/c1-2-14-31(26,27)23-18-11-9-17(10-12-18)22-20(25)15-16-5-7-19(8-6-16)24-32(28,29)21-4-3-13-30-21/h3-13,23-24H,2,14-15H2,1H3,(H,22,25). The molecule has 0 aliphatic carbocycles. The molecule has 0 saturated heterocycles. The van der Waals surface area contributed by atoms with Gasteiger partial charge in [-0.15, -0.1) is 11.3 Å². The average Bonchev–Trinajstić information content (AvgIpc) is 3.26. The van der Waals surface area contributed by atoms with E-state index in [1.165, 1.54) is 6.07 Å². The van der Waals surface area contributed by atoms with Crippen LogP contribution in [0.2, 0.25) is 0 Å². The van der Waals surface area contributed by atoms with E-state index in [2.05, 4.69) is 14.8 Å². The third-order valence-electron chi connectivity index (χ3n) is 4.25. The van der Waals surface area contributed by atoms with Gasteiger partial charge in [0, 0.05) is 17.1 Å². The van der Waals surface area contributed by atoms with E-state index < -0.39 is 20.0 Å². The first-order chi connectivity index (χ1) is 15.2. The van der Waals surface area contributed by atoms with E-state index in [0.717, 1.165) is 11.3 Å². The number of thiophene rings is 1. The van der Waals surface area contributed by atoms with Gasteiger partial charge in [0.2, 0.25) is 15.9 Å². The quantitative estimate of drug-likeness (QED) is 0.396. The van der Waals surface area contributed by atoms with Crippen molar-refractivity contribution >= 4 is 54.4 Å². The van der Waals surface area contributed by atoms with E-state index in [4.69, 9.17) is 0 Å². The van der Waals surface area contributed by atoms with Crippen molar-refractivity contribution in [3.8, 4) is 0 Å². The van der Waals surface area contributed by atoms with Crippen LogP contribution in [0.5, 0.6) is 0 Å². The van der Waals surface area contributed by atoms with Gasteiger partial charge in [0.1, 0.15) is 4.21 Å². The van der Waals surface area contributed by atoms with Gasteiger partial charge in [0.05, 0.1) is 12.2 Å². The van der Waals surface area contributed by atoms with Gasteiger partial charge in [-0.25, -0.2) is 16.8 Å². The summed E-state index contributed by atoms with van der Waals surface area (Å²) in [6.07, 6.45) is 0.619. The molecule has 0 spiro atoms. The highest BCUT2D eigenvalue weighted by atomic mass is 32.2. The fraction of sp³-hybridized carbons (Fsp3) is 0.190. The van der Waals surface area contributed by atoms with E-state index >= 15 is 0 Å². The minimum atomic E-state index is -3.62. The molecule has 1 amide bonds. The van der Waals surface area contributed by atoms with Crippen molar-refractivity contribution in [3.63, 3.8) is 0 Å². The largest absolute Gasteiger partial charge is 0.326 e. The number of rotatable bonds is 10. The summed E-state index contributed by atoms with van der Waals surface area (Å²) in [5.74, 6) is -0.212. The highest BCUT2D eigenvalue weighted by molar-refractivity contribution is 7.94. The molecule has 0 aliphatic heterocycles. The zero-order chi connectivity index (χ0) is 23.2. The summed E-state index contributed by atoms with van der Waals surface area (Å²) >= 11 is 1.13. The number of carbonyl (C=O) groups is 1. The van der Waals surface area contributed by atoms with Crippen molar-refractivity contribution in [2.45, 2.75) is 24.0 Å². The molecule has 0 radical (unpaired) electrons. The molecule has 0 aliphatic rings. The normalized spacial score (nSPS) is 11.7. The molecular formula is C21H23N3O5S3. The Hall–Kier alpha value is -2.89. The molecule has 1 heterocycles. The Labute approximate surface area is 191 Å². The van der Waals surface area contributed by atoms with Crippen molar-refractivity contribution in [2.75, 3.05) is 20.5 Å². The second-order valence-electron chi connectivity index (χ2n) is 6.96. The summed E-state index contributed by atoms with van der Waals surface area (Å²) in [4.78, 5) is 12.3. The molecule has 170 valence electrons. The summed E-state index contributed by atoms with van der Waals surface area (Å²) in [5, 5.41) is 4.44. The predicted octanol–water partition coefficient (Wildman–Crippen LogP) is 3.88. The van der Waals surface area contributed by atoms with Gasteiger partial charge in [-0.2, -0.15) is 0 Å². The Morgan fingerprint density at radius 3 is 2.03 bits per heavy atom. The molecule has 3 aromatic rings. The summed E-state index contributed by atoms with van der Waals surface area (Å²) in [6, 6.07) is 16.1. The Balaban J connectivity index is 1.55. The molecule has 3 rings (SSSR count). The van der Waals surface area contributed by atoms with Gasteiger partial charge in [-0.1, -0.05) is 25.1 Å². The maximum Gasteiger partial charge on any atom is 0.271 e. The molecule has 3 N–H and O–H groups in total. The van der Waals surface area contributed by atoms with Gasteiger partial charge < -0.3 is 5.32 Å². The molecule has 0 saturated carbocycles.